The molecule has 0 aliphatic heterocycles. The summed E-state index contributed by atoms with van der Waals surface area (Å²) in [6, 6.07) is 19.0. The van der Waals surface area contributed by atoms with Crippen molar-refractivity contribution in [1.82, 2.24) is 4.31 Å². The van der Waals surface area contributed by atoms with Crippen molar-refractivity contribution in [2.75, 3.05) is 6.54 Å². The van der Waals surface area contributed by atoms with Gasteiger partial charge in [-0.3, -0.25) is 4.79 Å². The Balaban J connectivity index is 0.000000531. The minimum absolute atomic E-state index is 0.133. The number of fused-ring (bicyclic) bond motifs is 2. The van der Waals surface area contributed by atoms with Gasteiger partial charge in [0.15, 0.2) is 10.1 Å². The zero-order valence-electron chi connectivity index (χ0n) is 23.7. The van der Waals surface area contributed by atoms with E-state index < -0.39 is 31.6 Å². The molecule has 1 amide bonds. The van der Waals surface area contributed by atoms with Crippen LogP contribution >= 0.6 is 0 Å². The number of sulfonamides is 1. The van der Waals surface area contributed by atoms with Gasteiger partial charge in [-0.15, -0.1) is 0 Å². The number of hydrogen-bond donors (Lipinski definition) is 0. The largest absolute Gasteiger partial charge is 0.741 e. The summed E-state index contributed by atoms with van der Waals surface area (Å²) in [6.45, 7) is 7.66. The van der Waals surface area contributed by atoms with Crippen molar-refractivity contribution in [2.45, 2.75) is 50.9 Å². The van der Waals surface area contributed by atoms with Crippen LogP contribution < -0.4 is 4.57 Å². The van der Waals surface area contributed by atoms with Crippen LogP contribution in [0.5, 0.6) is 0 Å². The number of alkyl halides is 3. The molecule has 4 aromatic rings. The van der Waals surface area contributed by atoms with Crippen molar-refractivity contribution in [3.05, 3.63) is 82.9 Å². The SMILES string of the molecule is CCCCN(C(=O)c1c2ccccc2[n+](C)c2ccccc12)S(=O)(=O)c1c(C)cc(C)cc1C.O=S(=O)([O-])C(F)(F)F. The van der Waals surface area contributed by atoms with Gasteiger partial charge in [-0.25, -0.2) is 21.1 Å². The Hall–Kier alpha value is -3.55. The minimum Gasteiger partial charge on any atom is -0.741 e. The molecular formula is C29H31F3N2O6S2. The third-order valence-corrected chi connectivity index (χ3v) is 9.32. The molecule has 0 saturated carbocycles. The Labute approximate surface area is 243 Å². The molecule has 13 heteroatoms. The van der Waals surface area contributed by atoms with Gasteiger partial charge in [0.25, 0.3) is 15.9 Å². The monoisotopic (exact) mass is 624 g/mol. The maximum atomic E-state index is 14.2. The maximum Gasteiger partial charge on any atom is 0.485 e. The molecular weight excluding hydrogens is 593 g/mol. The topological polar surface area (TPSA) is 116 Å². The van der Waals surface area contributed by atoms with Gasteiger partial charge in [-0.2, -0.15) is 17.7 Å². The number of nitrogens with zero attached hydrogens (tertiary/aromatic N) is 2. The lowest BCUT2D eigenvalue weighted by Crippen LogP contribution is -2.39. The molecule has 0 fully saturated rings. The fourth-order valence-electron chi connectivity index (χ4n) is 4.90. The second-order valence-corrected chi connectivity index (χ2v) is 13.0. The molecule has 0 radical (unpaired) electrons. The number of halogens is 3. The first-order valence-electron chi connectivity index (χ1n) is 12.9. The van der Waals surface area contributed by atoms with E-state index in [1.54, 1.807) is 13.8 Å². The zero-order chi connectivity index (χ0) is 31.6. The number of hydrogen-bond acceptors (Lipinski definition) is 6. The Morgan fingerprint density at radius 3 is 1.71 bits per heavy atom. The Bertz CT molecular complexity index is 1790. The first-order chi connectivity index (χ1) is 19.4. The Morgan fingerprint density at radius 1 is 0.881 bits per heavy atom. The van der Waals surface area contributed by atoms with Gasteiger partial charge >= 0.3 is 5.51 Å². The van der Waals surface area contributed by atoms with E-state index in [-0.39, 0.29) is 11.4 Å². The van der Waals surface area contributed by atoms with Crippen molar-refractivity contribution in [3.63, 3.8) is 0 Å². The van der Waals surface area contributed by atoms with Crippen LogP contribution in [-0.2, 0) is 27.2 Å². The lowest BCUT2D eigenvalue weighted by atomic mass is 10.0. The highest BCUT2D eigenvalue weighted by atomic mass is 32.2. The number of para-hydroxylation sites is 2. The molecule has 0 aliphatic rings. The summed E-state index contributed by atoms with van der Waals surface area (Å²) < 4.78 is 90.1. The zero-order valence-corrected chi connectivity index (χ0v) is 25.3. The molecule has 226 valence electrons. The van der Waals surface area contributed by atoms with Gasteiger partial charge in [0.05, 0.1) is 21.2 Å². The van der Waals surface area contributed by atoms with E-state index in [0.29, 0.717) is 23.1 Å². The second-order valence-electron chi connectivity index (χ2n) is 9.83. The maximum absolute atomic E-state index is 14.2. The third kappa shape index (κ3) is 6.58. The molecule has 1 heterocycles. The van der Waals surface area contributed by atoms with E-state index in [0.717, 1.165) is 38.1 Å². The van der Waals surface area contributed by atoms with Gasteiger partial charge in [0.1, 0.15) is 7.05 Å². The molecule has 4 rings (SSSR count). The second kappa shape index (κ2) is 12.4. The lowest BCUT2D eigenvalue weighted by Gasteiger charge is -2.25. The summed E-state index contributed by atoms with van der Waals surface area (Å²) >= 11 is 0. The highest BCUT2D eigenvalue weighted by molar-refractivity contribution is 7.89. The molecule has 0 unspecified atom stereocenters. The fourth-order valence-corrected chi connectivity index (χ4v) is 6.73. The molecule has 3 aromatic carbocycles. The molecule has 1 aromatic heterocycles. The normalized spacial score (nSPS) is 12.2. The quantitative estimate of drug-likeness (QED) is 0.122. The molecule has 0 atom stereocenters. The first kappa shape index (κ1) is 33.0. The number of carbonyl (C=O) groups excluding carboxylic acids is 1. The highest BCUT2D eigenvalue weighted by Crippen LogP contribution is 2.31. The first-order valence-corrected chi connectivity index (χ1v) is 15.7. The molecule has 0 spiro atoms. The van der Waals surface area contributed by atoms with Crippen LogP contribution in [0, 0.1) is 20.8 Å². The number of unbranched alkanes of at least 4 members (excludes halogenated alkanes) is 1. The number of rotatable bonds is 6. The van der Waals surface area contributed by atoms with Crippen LogP contribution in [0.4, 0.5) is 13.2 Å². The van der Waals surface area contributed by atoms with Gasteiger partial charge < -0.3 is 4.55 Å². The lowest BCUT2D eigenvalue weighted by molar-refractivity contribution is -0.617. The highest BCUT2D eigenvalue weighted by Gasteiger charge is 2.37. The van der Waals surface area contributed by atoms with E-state index in [4.69, 9.17) is 13.0 Å². The summed E-state index contributed by atoms with van der Waals surface area (Å²) in [7, 11) is -8.20. The van der Waals surface area contributed by atoms with Crippen LogP contribution in [-0.4, -0.2) is 43.7 Å². The molecule has 0 bridgehead atoms. The van der Waals surface area contributed by atoms with Crippen molar-refractivity contribution >= 4 is 47.9 Å². The van der Waals surface area contributed by atoms with Crippen molar-refractivity contribution in [3.8, 4) is 0 Å². The minimum atomic E-state index is -6.09. The van der Waals surface area contributed by atoms with E-state index in [1.807, 2.05) is 86.1 Å². The number of pyridine rings is 1. The number of aromatic nitrogens is 1. The van der Waals surface area contributed by atoms with E-state index in [9.17, 15) is 26.4 Å². The van der Waals surface area contributed by atoms with Crippen LogP contribution in [0.3, 0.4) is 0 Å². The Kier molecular flexibility index (Phi) is 9.70. The summed E-state index contributed by atoms with van der Waals surface area (Å²) in [5, 5.41) is 1.48. The Morgan fingerprint density at radius 2 is 1.31 bits per heavy atom. The number of amides is 1. The smallest absolute Gasteiger partial charge is 0.485 e. The van der Waals surface area contributed by atoms with Crippen molar-refractivity contribution in [1.29, 1.82) is 0 Å². The fraction of sp³-hybridized carbons (Fsp3) is 0.310. The van der Waals surface area contributed by atoms with Crippen molar-refractivity contribution in [2.24, 2.45) is 7.05 Å². The van der Waals surface area contributed by atoms with Crippen LogP contribution in [0.2, 0.25) is 0 Å². The molecule has 0 aliphatic carbocycles. The number of benzene rings is 3. The van der Waals surface area contributed by atoms with E-state index >= 15 is 0 Å². The van der Waals surface area contributed by atoms with Crippen LogP contribution in [0.25, 0.3) is 21.8 Å². The van der Waals surface area contributed by atoms with Gasteiger partial charge in [-0.05, 0) is 50.5 Å². The molecule has 42 heavy (non-hydrogen) atoms. The van der Waals surface area contributed by atoms with E-state index in [2.05, 4.69) is 0 Å². The van der Waals surface area contributed by atoms with Gasteiger partial charge in [-0.1, -0.05) is 55.3 Å². The summed E-state index contributed by atoms with van der Waals surface area (Å²) in [5.41, 5.74) is -1.17. The average Bonchev–Trinajstić information content (AvgIpc) is 2.87. The summed E-state index contributed by atoms with van der Waals surface area (Å²) in [4.78, 5) is 14.5. The standard InChI is InChI=1S/C28H31N2O3S.CHF3O3S/c1-6-7-16-30(34(32,33)27-20(3)17-19(2)18-21(27)4)28(31)26-22-12-8-10-14-24(22)29(5)25-15-11-9-13-23(25)26;2-1(3,4)8(5,6)7/h8-15,17-18H,6-7,16H2,1-5H3;(H,5,6,7)/q+1;/p-1. The van der Waals surface area contributed by atoms with Crippen LogP contribution in [0.1, 0.15) is 46.8 Å². The van der Waals surface area contributed by atoms with Crippen molar-refractivity contribution < 1.29 is 43.9 Å². The average molecular weight is 625 g/mol. The van der Waals surface area contributed by atoms with Gasteiger partial charge in [0.2, 0.25) is 11.0 Å². The molecule has 0 N–H and O–H groups in total. The molecule has 0 saturated heterocycles. The number of aryl methyl sites for hydroxylation is 4. The number of carbonyl (C=O) groups is 1. The van der Waals surface area contributed by atoms with E-state index in [1.165, 1.54) is 0 Å². The third-order valence-electron chi connectivity index (χ3n) is 6.66. The summed E-state index contributed by atoms with van der Waals surface area (Å²) in [6.07, 6.45) is 1.36. The van der Waals surface area contributed by atoms with Gasteiger partial charge in [0, 0.05) is 18.7 Å². The summed E-state index contributed by atoms with van der Waals surface area (Å²) in [5.74, 6) is -0.485. The molecule has 8 nitrogen and oxygen atoms in total. The predicted molar refractivity (Wildman–Crippen MR) is 152 cm³/mol. The van der Waals surface area contributed by atoms with Crippen LogP contribution in [0.15, 0.2) is 65.6 Å². The predicted octanol–water partition coefficient (Wildman–Crippen LogP) is 5.43.